The van der Waals surface area contributed by atoms with Crippen LogP contribution in [-0.4, -0.2) is 30.6 Å². The minimum atomic E-state index is -2.38. The second-order valence-electron chi connectivity index (χ2n) is 5.69. The molecule has 2 rings (SSSR count). The van der Waals surface area contributed by atoms with Crippen LogP contribution >= 0.6 is 0 Å². The van der Waals surface area contributed by atoms with Crippen LogP contribution < -0.4 is 5.32 Å². The van der Waals surface area contributed by atoms with Gasteiger partial charge >= 0.3 is 0 Å². The highest BCUT2D eigenvalue weighted by molar-refractivity contribution is 5.23. The van der Waals surface area contributed by atoms with E-state index in [1.54, 1.807) is 12.1 Å². The van der Waals surface area contributed by atoms with E-state index in [9.17, 15) is 8.78 Å². The smallest absolute Gasteiger partial charge is 0.263 e. The zero-order chi connectivity index (χ0) is 14.4. The number of hydrogen-bond acceptors (Lipinski definition) is 2. The lowest BCUT2D eigenvalue weighted by Gasteiger charge is -2.29. The highest BCUT2D eigenvalue weighted by Gasteiger charge is 2.13. The lowest BCUT2D eigenvalue weighted by atomic mass is 10.1. The molecule has 0 spiro atoms. The topological polar surface area (TPSA) is 15.3 Å². The molecule has 1 N–H and O–H groups in total. The lowest BCUT2D eigenvalue weighted by Crippen LogP contribution is -2.41. The van der Waals surface area contributed by atoms with Crippen LogP contribution in [0.25, 0.3) is 0 Å². The minimum Gasteiger partial charge on any atom is -0.309 e. The Kier molecular flexibility index (Phi) is 5.92. The minimum absolute atomic E-state index is 0.0927. The summed E-state index contributed by atoms with van der Waals surface area (Å²) in [4.78, 5) is 2.50. The molecule has 20 heavy (non-hydrogen) atoms. The van der Waals surface area contributed by atoms with Gasteiger partial charge in [-0.2, -0.15) is 0 Å². The van der Waals surface area contributed by atoms with Crippen molar-refractivity contribution in [3.8, 4) is 0 Å². The molecular formula is C16H24F2N2. The van der Waals surface area contributed by atoms with Gasteiger partial charge in [0.2, 0.25) is 0 Å². The molecule has 1 heterocycles. The number of benzene rings is 1. The molecule has 112 valence electrons. The Hall–Kier alpha value is -1.00. The van der Waals surface area contributed by atoms with Crippen molar-refractivity contribution in [1.29, 1.82) is 0 Å². The normalized spacial score (nSPS) is 18.4. The van der Waals surface area contributed by atoms with Gasteiger partial charge in [-0.3, -0.25) is 0 Å². The highest BCUT2D eigenvalue weighted by atomic mass is 19.3. The van der Waals surface area contributed by atoms with Crippen molar-refractivity contribution in [2.75, 3.05) is 19.6 Å². The molecule has 0 bridgehead atoms. The number of likely N-dealkylation sites (tertiary alicyclic amines) is 1. The summed E-state index contributed by atoms with van der Waals surface area (Å²) in [6, 6.07) is 7.00. The molecule has 1 aliphatic heterocycles. The van der Waals surface area contributed by atoms with Crippen LogP contribution in [0.15, 0.2) is 24.3 Å². The molecule has 0 radical (unpaired) electrons. The van der Waals surface area contributed by atoms with Crippen molar-refractivity contribution in [2.24, 2.45) is 0 Å². The van der Waals surface area contributed by atoms with Crippen molar-refractivity contribution < 1.29 is 8.78 Å². The van der Waals surface area contributed by atoms with Gasteiger partial charge in [0.15, 0.2) is 0 Å². The Morgan fingerprint density at radius 2 is 1.75 bits per heavy atom. The maximum absolute atomic E-state index is 12.5. The van der Waals surface area contributed by atoms with Crippen LogP contribution in [0.3, 0.4) is 0 Å². The van der Waals surface area contributed by atoms with Gasteiger partial charge in [-0.05, 0) is 38.4 Å². The molecule has 1 aromatic carbocycles. The fraction of sp³-hybridized carbons (Fsp3) is 0.625. The second-order valence-corrected chi connectivity index (χ2v) is 5.69. The van der Waals surface area contributed by atoms with E-state index in [-0.39, 0.29) is 5.56 Å². The van der Waals surface area contributed by atoms with E-state index < -0.39 is 6.43 Å². The van der Waals surface area contributed by atoms with Gasteiger partial charge in [-0.25, -0.2) is 8.78 Å². The molecule has 0 aliphatic carbocycles. The average Bonchev–Trinajstić information content (AvgIpc) is 2.46. The molecule has 1 aromatic rings. The zero-order valence-electron chi connectivity index (χ0n) is 12.1. The Bertz CT molecular complexity index is 386. The summed E-state index contributed by atoms with van der Waals surface area (Å²) in [5.41, 5.74) is 1.15. The predicted octanol–water partition coefficient (Wildman–Crippen LogP) is 3.59. The van der Waals surface area contributed by atoms with Gasteiger partial charge in [-0.15, -0.1) is 0 Å². The van der Waals surface area contributed by atoms with Gasteiger partial charge in [0.05, 0.1) is 0 Å². The fourth-order valence-electron chi connectivity index (χ4n) is 2.67. The molecule has 0 aromatic heterocycles. The summed E-state index contributed by atoms with van der Waals surface area (Å²) in [5, 5.41) is 3.47. The first-order valence-corrected chi connectivity index (χ1v) is 7.48. The molecule has 4 heteroatoms. The van der Waals surface area contributed by atoms with E-state index in [1.165, 1.54) is 44.5 Å². The summed E-state index contributed by atoms with van der Waals surface area (Å²) in [6.07, 6.45) is 1.59. The van der Waals surface area contributed by atoms with Crippen molar-refractivity contribution in [3.05, 3.63) is 35.4 Å². The van der Waals surface area contributed by atoms with Crippen LogP contribution in [0, 0.1) is 0 Å². The third-order valence-corrected chi connectivity index (χ3v) is 3.87. The van der Waals surface area contributed by atoms with Crippen LogP contribution in [0.2, 0.25) is 0 Å². The first-order chi connectivity index (χ1) is 9.65. The standard InChI is InChI=1S/C16H24F2N2/c1-13(12-20-9-3-2-4-10-20)19-11-14-5-7-15(8-6-14)16(17)18/h5-8,13,16,19H,2-4,9-12H2,1H3. The molecule has 1 atom stereocenters. The lowest BCUT2D eigenvalue weighted by molar-refractivity contribution is 0.151. The van der Waals surface area contributed by atoms with Gasteiger partial charge in [0.1, 0.15) is 0 Å². The summed E-state index contributed by atoms with van der Waals surface area (Å²) in [5.74, 6) is 0. The van der Waals surface area contributed by atoms with E-state index in [0.717, 1.165) is 18.7 Å². The second kappa shape index (κ2) is 7.70. The zero-order valence-corrected chi connectivity index (χ0v) is 12.1. The Morgan fingerprint density at radius 1 is 1.10 bits per heavy atom. The third kappa shape index (κ3) is 4.84. The molecular weight excluding hydrogens is 258 g/mol. The Balaban J connectivity index is 1.73. The largest absolute Gasteiger partial charge is 0.309 e. The summed E-state index contributed by atoms with van der Waals surface area (Å²) in [6.45, 7) is 6.39. The first-order valence-electron chi connectivity index (χ1n) is 7.48. The number of halogens is 2. The molecule has 1 unspecified atom stereocenters. The van der Waals surface area contributed by atoms with Gasteiger partial charge in [0.25, 0.3) is 6.43 Å². The van der Waals surface area contributed by atoms with E-state index in [4.69, 9.17) is 0 Å². The molecule has 0 saturated carbocycles. The molecule has 1 saturated heterocycles. The summed E-state index contributed by atoms with van der Waals surface area (Å²) < 4.78 is 24.9. The maximum atomic E-state index is 12.5. The molecule has 0 amide bonds. The van der Waals surface area contributed by atoms with Gasteiger partial charge < -0.3 is 10.2 Å². The fourth-order valence-corrected chi connectivity index (χ4v) is 2.67. The first kappa shape index (κ1) is 15.4. The van der Waals surface area contributed by atoms with Gasteiger partial charge in [-0.1, -0.05) is 30.7 Å². The summed E-state index contributed by atoms with van der Waals surface area (Å²) in [7, 11) is 0. The van der Waals surface area contributed by atoms with Crippen molar-refractivity contribution in [2.45, 2.75) is 45.2 Å². The number of nitrogens with zero attached hydrogens (tertiary/aromatic N) is 1. The van der Waals surface area contributed by atoms with Crippen LogP contribution in [0.4, 0.5) is 8.78 Å². The average molecular weight is 282 g/mol. The van der Waals surface area contributed by atoms with Crippen molar-refractivity contribution >= 4 is 0 Å². The Labute approximate surface area is 120 Å². The van der Waals surface area contributed by atoms with Crippen molar-refractivity contribution in [1.82, 2.24) is 10.2 Å². The van der Waals surface area contributed by atoms with Crippen LogP contribution in [0.1, 0.15) is 43.7 Å². The summed E-state index contributed by atoms with van der Waals surface area (Å²) >= 11 is 0. The van der Waals surface area contributed by atoms with Crippen LogP contribution in [0.5, 0.6) is 0 Å². The van der Waals surface area contributed by atoms with Crippen LogP contribution in [-0.2, 0) is 6.54 Å². The monoisotopic (exact) mass is 282 g/mol. The number of hydrogen-bond donors (Lipinski definition) is 1. The highest BCUT2D eigenvalue weighted by Crippen LogP contribution is 2.18. The van der Waals surface area contributed by atoms with E-state index in [0.29, 0.717) is 6.04 Å². The molecule has 2 nitrogen and oxygen atoms in total. The quantitative estimate of drug-likeness (QED) is 0.858. The van der Waals surface area contributed by atoms with E-state index in [1.807, 2.05) is 0 Å². The molecule has 1 aliphatic rings. The number of alkyl halides is 2. The van der Waals surface area contributed by atoms with E-state index >= 15 is 0 Å². The van der Waals surface area contributed by atoms with Crippen molar-refractivity contribution in [3.63, 3.8) is 0 Å². The number of rotatable bonds is 6. The SMILES string of the molecule is CC(CN1CCCCC1)NCc1ccc(C(F)F)cc1. The number of piperidine rings is 1. The molecule has 1 fully saturated rings. The predicted molar refractivity (Wildman–Crippen MR) is 78.0 cm³/mol. The maximum Gasteiger partial charge on any atom is 0.263 e. The Morgan fingerprint density at radius 3 is 2.35 bits per heavy atom. The van der Waals surface area contributed by atoms with E-state index in [2.05, 4.69) is 17.1 Å². The van der Waals surface area contributed by atoms with Gasteiger partial charge in [0, 0.05) is 24.7 Å². The third-order valence-electron chi connectivity index (χ3n) is 3.87. The number of nitrogens with one attached hydrogen (secondary N) is 1.